The molecule has 1 atom stereocenters. The zero-order valence-electron chi connectivity index (χ0n) is 19.9. The van der Waals surface area contributed by atoms with Gasteiger partial charge < -0.3 is 15.0 Å². The van der Waals surface area contributed by atoms with Crippen molar-refractivity contribution in [3.8, 4) is 5.75 Å². The average molecular weight is 470 g/mol. The molecule has 6 nitrogen and oxygen atoms in total. The van der Waals surface area contributed by atoms with E-state index in [0.29, 0.717) is 13.0 Å². The number of nitrogens with zero attached hydrogens (tertiary/aromatic N) is 2. The van der Waals surface area contributed by atoms with Crippen LogP contribution in [0.2, 0.25) is 0 Å². The molecule has 0 aliphatic carbocycles. The molecule has 0 spiro atoms. The summed E-state index contributed by atoms with van der Waals surface area (Å²) in [5.74, 6) is 0.994. The highest BCUT2D eigenvalue weighted by atomic mass is 16.5. The van der Waals surface area contributed by atoms with E-state index in [1.807, 2.05) is 65.6 Å². The second-order valence-corrected chi connectivity index (χ2v) is 9.17. The topological polar surface area (TPSA) is 61.9 Å². The number of ether oxygens (including phenoxy) is 1. The Morgan fingerprint density at radius 3 is 2.37 bits per heavy atom. The van der Waals surface area contributed by atoms with E-state index in [1.165, 1.54) is 0 Å². The number of benzene rings is 3. The molecule has 5 rings (SSSR count). The Balaban J connectivity index is 1.09. The van der Waals surface area contributed by atoms with Gasteiger partial charge in [0.05, 0.1) is 6.61 Å². The monoisotopic (exact) mass is 469 g/mol. The van der Waals surface area contributed by atoms with Crippen molar-refractivity contribution in [1.29, 1.82) is 0 Å². The molecule has 0 bridgehead atoms. The highest BCUT2D eigenvalue weighted by Crippen LogP contribution is 2.38. The summed E-state index contributed by atoms with van der Waals surface area (Å²) in [5.41, 5.74) is 3.88. The molecule has 1 fully saturated rings. The summed E-state index contributed by atoms with van der Waals surface area (Å²) in [5, 5.41) is 3.01. The fraction of sp³-hybridized carbons (Fsp3) is 0.310. The lowest BCUT2D eigenvalue weighted by Crippen LogP contribution is -2.49. The first-order valence-corrected chi connectivity index (χ1v) is 12.4. The quantitative estimate of drug-likeness (QED) is 0.522. The second-order valence-electron chi connectivity index (χ2n) is 9.17. The van der Waals surface area contributed by atoms with Gasteiger partial charge in [-0.15, -0.1) is 0 Å². The van der Waals surface area contributed by atoms with Crippen LogP contribution in [0.1, 0.15) is 40.2 Å². The number of hydrogen-bond donors (Lipinski definition) is 1. The van der Waals surface area contributed by atoms with Crippen LogP contribution in [-0.4, -0.2) is 60.9 Å². The standard InChI is InChI=1S/C29H31N3O3/c33-28-21-26(22-8-3-1-4-9-22)25-13-12-24(20-27(25)30-28)35-19-7-14-31-15-17-32(18-16-31)29(34)23-10-5-2-6-11-23/h1-6,8-13,20,26H,7,14-19,21H2,(H,30,33). The van der Waals surface area contributed by atoms with Gasteiger partial charge in [-0.3, -0.25) is 14.5 Å². The molecule has 1 unspecified atom stereocenters. The van der Waals surface area contributed by atoms with Gasteiger partial charge >= 0.3 is 0 Å². The number of carbonyl (C=O) groups excluding carboxylic acids is 2. The van der Waals surface area contributed by atoms with Gasteiger partial charge in [-0.25, -0.2) is 0 Å². The van der Waals surface area contributed by atoms with E-state index in [4.69, 9.17) is 4.74 Å². The van der Waals surface area contributed by atoms with E-state index < -0.39 is 0 Å². The number of amides is 2. The summed E-state index contributed by atoms with van der Waals surface area (Å²) < 4.78 is 6.01. The van der Waals surface area contributed by atoms with Gasteiger partial charge in [0.1, 0.15) is 5.75 Å². The molecule has 180 valence electrons. The molecule has 3 aromatic rings. The first kappa shape index (κ1) is 23.1. The normalized spacial score (nSPS) is 18.0. The van der Waals surface area contributed by atoms with Crippen LogP contribution in [0.3, 0.4) is 0 Å². The first-order valence-electron chi connectivity index (χ1n) is 12.4. The zero-order valence-corrected chi connectivity index (χ0v) is 19.9. The van der Waals surface area contributed by atoms with Crippen molar-refractivity contribution in [2.24, 2.45) is 0 Å². The van der Waals surface area contributed by atoms with Gasteiger partial charge in [-0.1, -0.05) is 54.6 Å². The van der Waals surface area contributed by atoms with Crippen molar-refractivity contribution >= 4 is 17.5 Å². The molecule has 2 aliphatic heterocycles. The van der Waals surface area contributed by atoms with Gasteiger partial charge in [-0.2, -0.15) is 0 Å². The molecule has 2 heterocycles. The molecule has 0 aromatic heterocycles. The Morgan fingerprint density at radius 1 is 0.914 bits per heavy atom. The molecule has 1 N–H and O–H groups in total. The summed E-state index contributed by atoms with van der Waals surface area (Å²) >= 11 is 0. The molecule has 2 aliphatic rings. The maximum atomic E-state index is 12.6. The molecular formula is C29H31N3O3. The Hall–Kier alpha value is -3.64. The summed E-state index contributed by atoms with van der Waals surface area (Å²) in [7, 11) is 0. The predicted molar refractivity (Wildman–Crippen MR) is 137 cm³/mol. The summed E-state index contributed by atoms with van der Waals surface area (Å²) in [6, 6.07) is 25.7. The fourth-order valence-electron chi connectivity index (χ4n) is 4.93. The molecule has 0 saturated carbocycles. The molecule has 2 amide bonds. The fourth-order valence-corrected chi connectivity index (χ4v) is 4.93. The van der Waals surface area contributed by atoms with Gasteiger partial charge in [-0.05, 0) is 35.7 Å². The van der Waals surface area contributed by atoms with Gasteiger partial charge in [0.25, 0.3) is 5.91 Å². The van der Waals surface area contributed by atoms with Crippen LogP contribution in [-0.2, 0) is 4.79 Å². The molecule has 0 radical (unpaired) electrons. The van der Waals surface area contributed by atoms with Gasteiger partial charge in [0.15, 0.2) is 0 Å². The maximum absolute atomic E-state index is 12.6. The van der Waals surface area contributed by atoms with E-state index in [0.717, 1.165) is 67.3 Å². The smallest absolute Gasteiger partial charge is 0.253 e. The van der Waals surface area contributed by atoms with E-state index >= 15 is 0 Å². The summed E-state index contributed by atoms with van der Waals surface area (Å²) in [4.78, 5) is 29.2. The third-order valence-electron chi connectivity index (χ3n) is 6.83. The van der Waals surface area contributed by atoms with Crippen LogP contribution < -0.4 is 10.1 Å². The third-order valence-corrected chi connectivity index (χ3v) is 6.83. The van der Waals surface area contributed by atoms with Crippen LogP contribution in [0.5, 0.6) is 5.75 Å². The lowest BCUT2D eigenvalue weighted by atomic mass is 9.85. The van der Waals surface area contributed by atoms with Crippen molar-refractivity contribution < 1.29 is 14.3 Å². The molecule has 1 saturated heterocycles. The number of anilines is 1. The molecular weight excluding hydrogens is 438 g/mol. The SMILES string of the molecule is O=C1CC(c2ccccc2)c2ccc(OCCCN3CCN(C(=O)c4ccccc4)CC3)cc2N1. The Bertz CT molecular complexity index is 1160. The minimum atomic E-state index is 0.0355. The van der Waals surface area contributed by atoms with Crippen molar-refractivity contribution in [3.05, 3.63) is 95.6 Å². The minimum absolute atomic E-state index is 0.0355. The molecule has 35 heavy (non-hydrogen) atoms. The van der Waals surface area contributed by atoms with Crippen molar-refractivity contribution in [1.82, 2.24) is 9.80 Å². The zero-order chi connectivity index (χ0) is 24.0. The van der Waals surface area contributed by atoms with Crippen LogP contribution >= 0.6 is 0 Å². The highest BCUT2D eigenvalue weighted by molar-refractivity contribution is 5.95. The number of rotatable bonds is 7. The molecule has 6 heteroatoms. The number of piperazine rings is 1. The van der Waals surface area contributed by atoms with Crippen LogP contribution in [0, 0.1) is 0 Å². The predicted octanol–water partition coefficient (Wildman–Crippen LogP) is 4.39. The largest absolute Gasteiger partial charge is 0.493 e. The number of carbonyl (C=O) groups is 2. The highest BCUT2D eigenvalue weighted by Gasteiger charge is 2.27. The van der Waals surface area contributed by atoms with E-state index in [1.54, 1.807) is 0 Å². The van der Waals surface area contributed by atoms with Crippen molar-refractivity contribution in [2.75, 3.05) is 44.6 Å². The minimum Gasteiger partial charge on any atom is -0.493 e. The lowest BCUT2D eigenvalue weighted by molar-refractivity contribution is -0.116. The number of hydrogen-bond acceptors (Lipinski definition) is 4. The second kappa shape index (κ2) is 10.7. The average Bonchev–Trinajstić information content (AvgIpc) is 2.91. The maximum Gasteiger partial charge on any atom is 0.253 e. The Morgan fingerprint density at radius 2 is 1.63 bits per heavy atom. The van der Waals surface area contributed by atoms with E-state index in [2.05, 4.69) is 28.4 Å². The van der Waals surface area contributed by atoms with Crippen LogP contribution in [0.4, 0.5) is 5.69 Å². The third kappa shape index (κ3) is 5.54. The Kier molecular flexibility index (Phi) is 7.09. The summed E-state index contributed by atoms with van der Waals surface area (Å²) in [6.45, 7) is 4.81. The van der Waals surface area contributed by atoms with Gasteiger partial charge in [0.2, 0.25) is 5.91 Å². The van der Waals surface area contributed by atoms with Crippen molar-refractivity contribution in [3.63, 3.8) is 0 Å². The van der Waals surface area contributed by atoms with Gasteiger partial charge in [0, 0.05) is 62.4 Å². The van der Waals surface area contributed by atoms with Crippen molar-refractivity contribution in [2.45, 2.75) is 18.8 Å². The first-order chi connectivity index (χ1) is 17.2. The van der Waals surface area contributed by atoms with E-state index in [-0.39, 0.29) is 17.7 Å². The van der Waals surface area contributed by atoms with E-state index in [9.17, 15) is 9.59 Å². The Labute approximate surface area is 206 Å². The summed E-state index contributed by atoms with van der Waals surface area (Å²) in [6.07, 6.45) is 1.37. The number of nitrogens with one attached hydrogen (secondary N) is 1. The van der Waals surface area contributed by atoms with Crippen LogP contribution in [0.25, 0.3) is 0 Å². The molecule has 3 aromatic carbocycles. The number of fused-ring (bicyclic) bond motifs is 1. The van der Waals surface area contributed by atoms with Crippen LogP contribution in [0.15, 0.2) is 78.9 Å². The lowest BCUT2D eigenvalue weighted by Gasteiger charge is -2.34.